The minimum absolute atomic E-state index is 0.0367. The van der Waals surface area contributed by atoms with Crippen molar-refractivity contribution in [2.45, 2.75) is 19.4 Å². The van der Waals surface area contributed by atoms with Crippen molar-refractivity contribution in [3.05, 3.63) is 63.7 Å². The van der Waals surface area contributed by atoms with Crippen LogP contribution in [-0.4, -0.2) is 32.1 Å². The van der Waals surface area contributed by atoms with E-state index >= 15 is 0 Å². The van der Waals surface area contributed by atoms with Crippen LogP contribution in [0.2, 0.25) is 0 Å². The Labute approximate surface area is 157 Å². The highest BCUT2D eigenvalue weighted by Crippen LogP contribution is 2.24. The fourth-order valence-electron chi connectivity index (χ4n) is 2.76. The summed E-state index contributed by atoms with van der Waals surface area (Å²) in [6, 6.07) is 7.07. The molecule has 0 saturated heterocycles. The number of hydrogen-bond acceptors (Lipinski definition) is 5. The van der Waals surface area contributed by atoms with Crippen molar-refractivity contribution in [3.8, 4) is 0 Å². The van der Waals surface area contributed by atoms with Crippen LogP contribution in [0.25, 0.3) is 11.0 Å². The number of unbranched alkanes of at least 4 members (excludes halogenated alkanes) is 1. The predicted octanol–water partition coefficient (Wildman–Crippen LogP) is 3.25. The highest BCUT2D eigenvalue weighted by atomic mass is 19.2. The van der Waals surface area contributed by atoms with E-state index in [1.165, 1.54) is 22.8 Å². The Hall–Kier alpha value is -3.40. The van der Waals surface area contributed by atoms with Crippen LogP contribution in [-0.2, 0) is 6.54 Å². The fourth-order valence-corrected chi connectivity index (χ4v) is 2.76. The van der Waals surface area contributed by atoms with Gasteiger partial charge in [0, 0.05) is 43.0 Å². The number of nitrogens with one attached hydrogen (secondary N) is 1. The highest BCUT2D eigenvalue weighted by molar-refractivity contribution is 6.04. The summed E-state index contributed by atoms with van der Waals surface area (Å²) in [5.41, 5.74) is 0.234. The third-order valence-electron chi connectivity index (χ3n) is 4.12. The minimum Gasteiger partial charge on any atom is -0.396 e. The van der Waals surface area contributed by atoms with Crippen molar-refractivity contribution < 1.29 is 23.6 Å². The van der Waals surface area contributed by atoms with Crippen LogP contribution in [0.1, 0.15) is 23.2 Å². The lowest BCUT2D eigenvalue weighted by Gasteiger charge is -2.10. The van der Waals surface area contributed by atoms with Crippen molar-refractivity contribution in [1.82, 2.24) is 9.55 Å². The average Bonchev–Trinajstić information content (AvgIpc) is 2.98. The first kappa shape index (κ1) is 19.4. The average molecular weight is 390 g/mol. The van der Waals surface area contributed by atoms with Gasteiger partial charge in [0.1, 0.15) is 0 Å². The van der Waals surface area contributed by atoms with Crippen molar-refractivity contribution in [1.29, 1.82) is 0 Å². The maximum atomic E-state index is 13.7. The van der Waals surface area contributed by atoms with Gasteiger partial charge < -0.3 is 9.67 Å². The summed E-state index contributed by atoms with van der Waals surface area (Å²) in [5, 5.41) is 22.4. The van der Waals surface area contributed by atoms with Gasteiger partial charge in [-0.15, -0.1) is 0 Å². The Kier molecular flexibility index (Phi) is 5.59. The summed E-state index contributed by atoms with van der Waals surface area (Å²) in [4.78, 5) is 26.9. The van der Waals surface area contributed by atoms with E-state index < -0.39 is 22.5 Å². The molecule has 0 aliphatic heterocycles. The second-order valence-electron chi connectivity index (χ2n) is 6.03. The first-order valence-corrected chi connectivity index (χ1v) is 8.42. The summed E-state index contributed by atoms with van der Waals surface area (Å²) >= 11 is 0. The molecule has 8 nitrogen and oxygen atoms in total. The molecule has 3 rings (SSSR count). The van der Waals surface area contributed by atoms with Gasteiger partial charge in [0.15, 0.2) is 11.6 Å². The quantitative estimate of drug-likeness (QED) is 0.366. The molecule has 0 radical (unpaired) electrons. The number of hydrogen-bond donors (Lipinski definition) is 2. The number of non-ortho nitro benzene ring substituents is 1. The number of halogens is 2. The number of amides is 1. The molecule has 1 aromatic heterocycles. The molecule has 1 amide bonds. The molecule has 2 N–H and O–H groups in total. The number of anilines is 1. The van der Waals surface area contributed by atoms with E-state index in [4.69, 9.17) is 5.11 Å². The molecule has 3 aromatic rings. The van der Waals surface area contributed by atoms with Gasteiger partial charge in [0.25, 0.3) is 11.6 Å². The van der Waals surface area contributed by atoms with Crippen molar-refractivity contribution in [2.24, 2.45) is 0 Å². The lowest BCUT2D eigenvalue weighted by atomic mass is 10.2. The number of aliphatic hydroxyl groups is 1. The Morgan fingerprint density at radius 3 is 2.68 bits per heavy atom. The Morgan fingerprint density at radius 1 is 1.21 bits per heavy atom. The molecule has 0 atom stereocenters. The molecule has 0 aliphatic carbocycles. The topological polar surface area (TPSA) is 110 Å². The monoisotopic (exact) mass is 390 g/mol. The number of benzene rings is 2. The van der Waals surface area contributed by atoms with Gasteiger partial charge >= 0.3 is 0 Å². The first-order valence-electron chi connectivity index (χ1n) is 8.42. The smallest absolute Gasteiger partial charge is 0.270 e. The number of nitro groups is 1. The van der Waals surface area contributed by atoms with E-state index in [1.807, 2.05) is 0 Å². The van der Waals surface area contributed by atoms with Crippen molar-refractivity contribution in [2.75, 3.05) is 11.9 Å². The van der Waals surface area contributed by atoms with Crippen LogP contribution in [0, 0.1) is 21.7 Å². The number of aromatic nitrogens is 2. The molecular formula is C18H16F2N4O4. The zero-order valence-electron chi connectivity index (χ0n) is 14.6. The lowest BCUT2D eigenvalue weighted by Crippen LogP contribution is -2.16. The Morgan fingerprint density at radius 2 is 1.96 bits per heavy atom. The molecule has 28 heavy (non-hydrogen) atoms. The molecule has 146 valence electrons. The van der Waals surface area contributed by atoms with Gasteiger partial charge in [-0.2, -0.15) is 0 Å². The molecule has 0 bridgehead atoms. The number of fused-ring (bicyclic) bond motifs is 1. The van der Waals surface area contributed by atoms with E-state index in [-0.39, 0.29) is 34.8 Å². The molecular weight excluding hydrogens is 374 g/mol. The largest absolute Gasteiger partial charge is 0.396 e. The second kappa shape index (κ2) is 8.09. The van der Waals surface area contributed by atoms with E-state index in [0.29, 0.717) is 19.4 Å². The standard InChI is InChI=1S/C18H16F2N4O4/c19-13-9-15-16(10-14(13)20)23(6-1-2-7-25)18(21-15)22-17(26)11-4-3-5-12(8-11)24(27)28/h3-5,8-10,25H,1-2,6-7H2,(H,21,22,26). The van der Waals surface area contributed by atoms with Crippen LogP contribution in [0.5, 0.6) is 0 Å². The van der Waals surface area contributed by atoms with Gasteiger partial charge in [-0.25, -0.2) is 13.8 Å². The maximum absolute atomic E-state index is 13.7. The van der Waals surface area contributed by atoms with Crippen molar-refractivity contribution >= 4 is 28.6 Å². The van der Waals surface area contributed by atoms with Gasteiger partial charge in [0.2, 0.25) is 5.95 Å². The summed E-state index contributed by atoms with van der Waals surface area (Å²) in [5.74, 6) is -2.71. The summed E-state index contributed by atoms with van der Waals surface area (Å²) < 4.78 is 28.7. The van der Waals surface area contributed by atoms with Gasteiger partial charge in [0.05, 0.1) is 16.0 Å². The van der Waals surface area contributed by atoms with Crippen LogP contribution in [0.15, 0.2) is 36.4 Å². The minimum atomic E-state index is -1.07. The number of nitrogens with zero attached hydrogens (tertiary/aromatic N) is 3. The zero-order chi connectivity index (χ0) is 20.3. The van der Waals surface area contributed by atoms with Crippen molar-refractivity contribution in [3.63, 3.8) is 0 Å². The predicted molar refractivity (Wildman–Crippen MR) is 97.0 cm³/mol. The number of carbonyl (C=O) groups excluding carboxylic acids is 1. The Bertz CT molecular complexity index is 1050. The van der Waals surface area contributed by atoms with Crippen LogP contribution in [0.3, 0.4) is 0 Å². The van der Waals surface area contributed by atoms with Gasteiger partial charge in [-0.1, -0.05) is 6.07 Å². The van der Waals surface area contributed by atoms with E-state index in [2.05, 4.69) is 10.3 Å². The Balaban J connectivity index is 1.96. The normalized spacial score (nSPS) is 11.0. The molecule has 0 fully saturated rings. The lowest BCUT2D eigenvalue weighted by molar-refractivity contribution is -0.384. The number of aliphatic hydroxyl groups excluding tert-OH is 1. The van der Waals surface area contributed by atoms with Gasteiger partial charge in [-0.05, 0) is 18.9 Å². The van der Waals surface area contributed by atoms with E-state index in [1.54, 1.807) is 0 Å². The number of imidazole rings is 1. The molecule has 2 aromatic carbocycles. The number of rotatable bonds is 7. The summed E-state index contributed by atoms with van der Waals surface area (Å²) in [6.45, 7) is 0.262. The van der Waals surface area contributed by atoms with Crippen LogP contribution >= 0.6 is 0 Å². The number of carbonyl (C=O) groups is 1. The molecule has 0 saturated carbocycles. The van der Waals surface area contributed by atoms with Crippen LogP contribution < -0.4 is 5.32 Å². The molecule has 0 unspecified atom stereocenters. The molecule has 1 heterocycles. The zero-order valence-corrected chi connectivity index (χ0v) is 14.6. The summed E-state index contributed by atoms with van der Waals surface area (Å²) in [6.07, 6.45) is 0.988. The van der Waals surface area contributed by atoms with E-state index in [0.717, 1.165) is 18.2 Å². The molecule has 0 aliphatic rings. The molecule has 0 spiro atoms. The van der Waals surface area contributed by atoms with Crippen LogP contribution in [0.4, 0.5) is 20.4 Å². The second-order valence-corrected chi connectivity index (χ2v) is 6.03. The SMILES string of the molecule is O=C(Nc1nc2cc(F)c(F)cc2n1CCCCO)c1cccc([N+](=O)[O-])c1. The third-order valence-corrected chi connectivity index (χ3v) is 4.12. The maximum Gasteiger partial charge on any atom is 0.270 e. The first-order chi connectivity index (χ1) is 13.4. The third kappa shape index (κ3) is 3.96. The van der Waals surface area contributed by atoms with E-state index in [9.17, 15) is 23.7 Å². The summed E-state index contributed by atoms with van der Waals surface area (Å²) in [7, 11) is 0. The molecule has 10 heteroatoms. The van der Waals surface area contributed by atoms with Gasteiger partial charge in [-0.3, -0.25) is 20.2 Å². The highest BCUT2D eigenvalue weighted by Gasteiger charge is 2.18. The number of nitro benzene ring substituents is 1. The fraction of sp³-hybridized carbons (Fsp3) is 0.222. The number of aryl methyl sites for hydroxylation is 1.